The Balaban J connectivity index is 2.36. The molecule has 0 spiro atoms. The van der Waals surface area contributed by atoms with E-state index in [1.165, 1.54) is 5.56 Å². The van der Waals surface area contributed by atoms with Crippen molar-refractivity contribution in [3.8, 4) is 12.3 Å². The van der Waals surface area contributed by atoms with Crippen LogP contribution in [0.2, 0.25) is 0 Å². The van der Waals surface area contributed by atoms with Gasteiger partial charge in [0.25, 0.3) is 0 Å². The van der Waals surface area contributed by atoms with Crippen molar-refractivity contribution in [1.82, 2.24) is 0 Å². The standard InChI is InChI=1S/C13H12INO/c1-3-10-7-12(16)15(8-10)11-6-4-5-9(2)13(11)14/h1,4-6,10H,7-8H2,2H3. The number of nitrogens with zero attached hydrogens (tertiary/aromatic N) is 1. The van der Waals surface area contributed by atoms with Gasteiger partial charge in [-0.2, -0.15) is 0 Å². The van der Waals surface area contributed by atoms with Crippen LogP contribution < -0.4 is 4.90 Å². The minimum absolute atomic E-state index is 0.0591. The third-order valence-corrected chi connectivity index (χ3v) is 4.23. The number of rotatable bonds is 1. The molecule has 1 atom stereocenters. The van der Waals surface area contributed by atoms with Crippen LogP contribution in [0.5, 0.6) is 0 Å². The van der Waals surface area contributed by atoms with Gasteiger partial charge in [-0.1, -0.05) is 12.1 Å². The predicted octanol–water partition coefficient (Wildman–Crippen LogP) is 2.59. The number of anilines is 1. The normalized spacial score (nSPS) is 19.9. The highest BCUT2D eigenvalue weighted by atomic mass is 127. The molecule has 0 aliphatic carbocycles. The van der Waals surface area contributed by atoms with Crippen molar-refractivity contribution < 1.29 is 4.79 Å². The third-order valence-electron chi connectivity index (χ3n) is 2.82. The Kier molecular flexibility index (Phi) is 3.20. The molecule has 0 bridgehead atoms. The summed E-state index contributed by atoms with van der Waals surface area (Å²) in [6.07, 6.45) is 5.85. The zero-order valence-electron chi connectivity index (χ0n) is 9.03. The smallest absolute Gasteiger partial charge is 0.228 e. The van der Waals surface area contributed by atoms with E-state index in [1.807, 2.05) is 25.1 Å². The van der Waals surface area contributed by atoms with Crippen LogP contribution in [0.15, 0.2) is 18.2 Å². The number of aryl methyl sites for hydroxylation is 1. The number of carbonyl (C=O) groups excluding carboxylic acids is 1. The van der Waals surface area contributed by atoms with Gasteiger partial charge in [0.05, 0.1) is 5.69 Å². The molecule has 1 unspecified atom stereocenters. The number of hydrogen-bond donors (Lipinski definition) is 0. The van der Waals surface area contributed by atoms with Crippen LogP contribution >= 0.6 is 22.6 Å². The lowest BCUT2D eigenvalue weighted by Crippen LogP contribution is -2.25. The molecule has 16 heavy (non-hydrogen) atoms. The summed E-state index contributed by atoms with van der Waals surface area (Å²) in [4.78, 5) is 13.6. The van der Waals surface area contributed by atoms with Gasteiger partial charge in [0, 0.05) is 22.5 Å². The molecule has 1 amide bonds. The zero-order valence-corrected chi connectivity index (χ0v) is 11.2. The van der Waals surface area contributed by atoms with Crippen LogP contribution in [0, 0.1) is 28.8 Å². The van der Waals surface area contributed by atoms with E-state index in [-0.39, 0.29) is 11.8 Å². The summed E-state index contributed by atoms with van der Waals surface area (Å²) in [6, 6.07) is 6.00. The molecular weight excluding hydrogens is 313 g/mol. The predicted molar refractivity (Wildman–Crippen MR) is 73.2 cm³/mol. The highest BCUT2D eigenvalue weighted by Crippen LogP contribution is 2.30. The summed E-state index contributed by atoms with van der Waals surface area (Å²) in [5.41, 5.74) is 2.18. The van der Waals surface area contributed by atoms with Gasteiger partial charge < -0.3 is 4.90 Å². The highest BCUT2D eigenvalue weighted by Gasteiger charge is 2.30. The maximum absolute atomic E-state index is 11.8. The number of carbonyl (C=O) groups is 1. The molecule has 82 valence electrons. The second-order valence-electron chi connectivity index (χ2n) is 3.98. The molecule has 1 fully saturated rings. The molecule has 1 saturated heterocycles. The molecule has 3 heteroatoms. The maximum atomic E-state index is 11.8. The van der Waals surface area contributed by atoms with Crippen molar-refractivity contribution in [2.45, 2.75) is 13.3 Å². The number of amides is 1. The molecule has 2 rings (SSSR count). The number of benzene rings is 1. The molecule has 0 saturated carbocycles. The summed E-state index contributed by atoms with van der Waals surface area (Å²) in [6.45, 7) is 2.69. The SMILES string of the molecule is C#CC1CC(=O)N(c2cccc(C)c2I)C1. The van der Waals surface area contributed by atoms with Crippen LogP contribution in [0.4, 0.5) is 5.69 Å². The Morgan fingerprint density at radius 3 is 2.94 bits per heavy atom. The molecule has 1 heterocycles. The second-order valence-corrected chi connectivity index (χ2v) is 5.06. The van der Waals surface area contributed by atoms with Crippen LogP contribution in [0.3, 0.4) is 0 Å². The summed E-state index contributed by atoms with van der Waals surface area (Å²) >= 11 is 2.28. The molecule has 0 N–H and O–H groups in total. The summed E-state index contributed by atoms with van der Waals surface area (Å²) in [7, 11) is 0. The summed E-state index contributed by atoms with van der Waals surface area (Å²) in [5.74, 6) is 2.85. The Bertz CT molecular complexity index is 475. The number of terminal acetylenes is 1. The minimum atomic E-state index is 0.0591. The lowest BCUT2D eigenvalue weighted by atomic mass is 10.1. The lowest BCUT2D eigenvalue weighted by molar-refractivity contribution is -0.117. The molecule has 1 aliphatic rings. The van der Waals surface area contributed by atoms with E-state index < -0.39 is 0 Å². The van der Waals surface area contributed by atoms with E-state index in [0.29, 0.717) is 13.0 Å². The van der Waals surface area contributed by atoms with Crippen LogP contribution in [-0.4, -0.2) is 12.5 Å². The maximum Gasteiger partial charge on any atom is 0.228 e. The van der Waals surface area contributed by atoms with E-state index in [1.54, 1.807) is 4.90 Å². The average molecular weight is 325 g/mol. The highest BCUT2D eigenvalue weighted by molar-refractivity contribution is 14.1. The number of hydrogen-bond acceptors (Lipinski definition) is 1. The monoisotopic (exact) mass is 325 g/mol. The largest absolute Gasteiger partial charge is 0.310 e. The first-order chi connectivity index (χ1) is 7.63. The first kappa shape index (κ1) is 11.5. The van der Waals surface area contributed by atoms with E-state index >= 15 is 0 Å². The second kappa shape index (κ2) is 4.46. The van der Waals surface area contributed by atoms with Crippen molar-refractivity contribution in [3.63, 3.8) is 0 Å². The summed E-state index contributed by atoms with van der Waals surface area (Å²) < 4.78 is 1.13. The van der Waals surface area contributed by atoms with Crippen molar-refractivity contribution >= 4 is 34.2 Å². The first-order valence-electron chi connectivity index (χ1n) is 5.15. The Morgan fingerprint density at radius 1 is 1.56 bits per heavy atom. The van der Waals surface area contributed by atoms with Crippen molar-refractivity contribution in [1.29, 1.82) is 0 Å². The van der Waals surface area contributed by atoms with Crippen LogP contribution in [-0.2, 0) is 4.79 Å². The molecule has 0 radical (unpaired) electrons. The quantitative estimate of drug-likeness (QED) is 0.574. The average Bonchev–Trinajstić information content (AvgIpc) is 2.64. The van der Waals surface area contributed by atoms with E-state index in [0.717, 1.165) is 9.26 Å². The third kappa shape index (κ3) is 1.94. The molecule has 0 aromatic heterocycles. The fraction of sp³-hybridized carbons (Fsp3) is 0.308. The van der Waals surface area contributed by atoms with Crippen molar-refractivity contribution in [2.24, 2.45) is 5.92 Å². The Hall–Kier alpha value is -1.02. The van der Waals surface area contributed by atoms with Gasteiger partial charge in [0.15, 0.2) is 0 Å². The van der Waals surface area contributed by atoms with Crippen molar-refractivity contribution in [3.05, 3.63) is 27.3 Å². The van der Waals surface area contributed by atoms with Crippen molar-refractivity contribution in [2.75, 3.05) is 11.4 Å². The Morgan fingerprint density at radius 2 is 2.31 bits per heavy atom. The molecule has 1 aromatic rings. The fourth-order valence-corrected chi connectivity index (χ4v) is 2.54. The van der Waals surface area contributed by atoms with Gasteiger partial charge >= 0.3 is 0 Å². The molecular formula is C13H12INO. The molecule has 1 aliphatic heterocycles. The van der Waals surface area contributed by atoms with Gasteiger partial charge in [-0.05, 0) is 41.1 Å². The topological polar surface area (TPSA) is 20.3 Å². The van der Waals surface area contributed by atoms with Gasteiger partial charge in [-0.3, -0.25) is 4.79 Å². The van der Waals surface area contributed by atoms with Gasteiger partial charge in [-0.25, -0.2) is 0 Å². The van der Waals surface area contributed by atoms with Crippen LogP contribution in [0.1, 0.15) is 12.0 Å². The Labute approximate surface area is 109 Å². The van der Waals surface area contributed by atoms with E-state index in [4.69, 9.17) is 6.42 Å². The molecule has 2 nitrogen and oxygen atoms in total. The van der Waals surface area contributed by atoms with Gasteiger partial charge in [0.2, 0.25) is 5.91 Å². The number of halogens is 1. The summed E-state index contributed by atoms with van der Waals surface area (Å²) in [5, 5.41) is 0. The van der Waals surface area contributed by atoms with Crippen LogP contribution in [0.25, 0.3) is 0 Å². The van der Waals surface area contributed by atoms with E-state index in [9.17, 15) is 4.79 Å². The van der Waals surface area contributed by atoms with E-state index in [2.05, 4.69) is 28.5 Å². The van der Waals surface area contributed by atoms with Gasteiger partial charge in [0.1, 0.15) is 0 Å². The lowest BCUT2D eigenvalue weighted by Gasteiger charge is -2.18. The van der Waals surface area contributed by atoms with Gasteiger partial charge in [-0.15, -0.1) is 12.3 Å². The zero-order chi connectivity index (χ0) is 11.7. The fourth-order valence-electron chi connectivity index (χ4n) is 1.89. The minimum Gasteiger partial charge on any atom is -0.310 e. The first-order valence-corrected chi connectivity index (χ1v) is 6.23. The molecule has 1 aromatic carbocycles.